The summed E-state index contributed by atoms with van der Waals surface area (Å²) >= 11 is 0. The highest BCUT2D eigenvalue weighted by Crippen LogP contribution is 1.92. The minimum absolute atomic E-state index is 0.00114. The SMILES string of the molecule is CCNCC(=O)NC(C)CCS(C)=O. The van der Waals surface area contributed by atoms with Gasteiger partial charge in [0.05, 0.1) is 6.54 Å². The predicted molar refractivity (Wildman–Crippen MR) is 59.7 cm³/mol. The van der Waals surface area contributed by atoms with Gasteiger partial charge >= 0.3 is 0 Å². The highest BCUT2D eigenvalue weighted by atomic mass is 32.2. The molecule has 0 aromatic rings. The fourth-order valence-electron chi connectivity index (χ4n) is 0.979. The van der Waals surface area contributed by atoms with Gasteiger partial charge in [-0.2, -0.15) is 0 Å². The summed E-state index contributed by atoms with van der Waals surface area (Å²) in [5, 5.41) is 5.78. The Morgan fingerprint density at radius 1 is 1.50 bits per heavy atom. The maximum Gasteiger partial charge on any atom is 0.234 e. The third kappa shape index (κ3) is 8.19. The molecule has 84 valence electrons. The van der Waals surface area contributed by atoms with Crippen LogP contribution < -0.4 is 10.6 Å². The molecule has 0 bridgehead atoms. The van der Waals surface area contributed by atoms with Crippen LogP contribution in [0.2, 0.25) is 0 Å². The van der Waals surface area contributed by atoms with Crippen LogP contribution in [0, 0.1) is 0 Å². The first-order valence-electron chi connectivity index (χ1n) is 4.86. The van der Waals surface area contributed by atoms with E-state index >= 15 is 0 Å². The topological polar surface area (TPSA) is 58.2 Å². The molecule has 14 heavy (non-hydrogen) atoms. The Balaban J connectivity index is 3.55. The minimum atomic E-state index is -0.773. The summed E-state index contributed by atoms with van der Waals surface area (Å²) in [6.07, 6.45) is 2.44. The number of nitrogens with one attached hydrogen (secondary N) is 2. The molecule has 0 aliphatic carbocycles. The predicted octanol–water partition coefficient (Wildman–Crippen LogP) is -0.131. The zero-order chi connectivity index (χ0) is 11.0. The monoisotopic (exact) mass is 220 g/mol. The lowest BCUT2D eigenvalue weighted by atomic mass is 10.2. The van der Waals surface area contributed by atoms with Gasteiger partial charge in [0.25, 0.3) is 0 Å². The zero-order valence-corrected chi connectivity index (χ0v) is 9.95. The van der Waals surface area contributed by atoms with Crippen LogP contribution in [0.15, 0.2) is 0 Å². The summed E-state index contributed by atoms with van der Waals surface area (Å²) in [4.78, 5) is 11.2. The maximum absolute atomic E-state index is 11.2. The van der Waals surface area contributed by atoms with E-state index in [0.717, 1.165) is 13.0 Å². The number of carbonyl (C=O) groups is 1. The Morgan fingerprint density at radius 2 is 2.14 bits per heavy atom. The van der Waals surface area contributed by atoms with E-state index in [1.54, 1.807) is 6.26 Å². The van der Waals surface area contributed by atoms with Crippen molar-refractivity contribution in [2.45, 2.75) is 26.3 Å². The smallest absolute Gasteiger partial charge is 0.234 e. The van der Waals surface area contributed by atoms with Crippen LogP contribution in [0.5, 0.6) is 0 Å². The second-order valence-corrected chi connectivity index (χ2v) is 4.87. The van der Waals surface area contributed by atoms with Crippen LogP contribution in [-0.2, 0) is 15.6 Å². The van der Waals surface area contributed by atoms with Gasteiger partial charge in [0, 0.05) is 28.9 Å². The van der Waals surface area contributed by atoms with Gasteiger partial charge in [-0.05, 0) is 19.9 Å². The van der Waals surface area contributed by atoms with Gasteiger partial charge < -0.3 is 10.6 Å². The lowest BCUT2D eigenvalue weighted by Crippen LogP contribution is -2.39. The lowest BCUT2D eigenvalue weighted by Gasteiger charge is -2.12. The van der Waals surface area contributed by atoms with Crippen LogP contribution >= 0.6 is 0 Å². The maximum atomic E-state index is 11.2. The largest absolute Gasteiger partial charge is 0.353 e. The third-order valence-corrected chi connectivity index (χ3v) is 2.59. The molecule has 0 fully saturated rings. The first-order chi connectivity index (χ1) is 6.56. The molecule has 0 aliphatic rings. The van der Waals surface area contributed by atoms with Crippen LogP contribution in [0.3, 0.4) is 0 Å². The summed E-state index contributed by atoms with van der Waals surface area (Å²) in [5.74, 6) is 0.643. The minimum Gasteiger partial charge on any atom is -0.353 e. The standard InChI is InChI=1S/C9H20N2O2S/c1-4-10-7-9(12)11-8(2)5-6-14(3)13/h8,10H,4-7H2,1-3H3,(H,11,12). The number of rotatable bonds is 7. The molecule has 0 rings (SSSR count). The van der Waals surface area contributed by atoms with Gasteiger partial charge in [-0.15, -0.1) is 0 Å². The number of hydrogen-bond donors (Lipinski definition) is 2. The molecule has 5 heteroatoms. The number of likely N-dealkylation sites (N-methyl/N-ethyl adjacent to an activating group) is 1. The molecule has 1 amide bonds. The molecule has 0 heterocycles. The van der Waals surface area contributed by atoms with E-state index in [4.69, 9.17) is 0 Å². The molecule has 2 atom stereocenters. The number of amides is 1. The van der Waals surface area contributed by atoms with Gasteiger partial charge in [0.1, 0.15) is 0 Å². The molecule has 0 saturated carbocycles. The van der Waals surface area contributed by atoms with Crippen molar-refractivity contribution in [1.29, 1.82) is 0 Å². The number of carbonyl (C=O) groups excluding carboxylic acids is 1. The van der Waals surface area contributed by atoms with E-state index in [1.165, 1.54) is 0 Å². The van der Waals surface area contributed by atoms with Crippen molar-refractivity contribution < 1.29 is 9.00 Å². The van der Waals surface area contributed by atoms with E-state index in [1.807, 2.05) is 13.8 Å². The fraction of sp³-hybridized carbons (Fsp3) is 0.889. The molecule has 0 aliphatic heterocycles. The summed E-state index contributed by atoms with van der Waals surface area (Å²) in [5.41, 5.74) is 0. The highest BCUT2D eigenvalue weighted by molar-refractivity contribution is 7.84. The van der Waals surface area contributed by atoms with E-state index in [9.17, 15) is 9.00 Å². The Labute approximate surface area is 88.3 Å². The quantitative estimate of drug-likeness (QED) is 0.628. The Kier molecular flexibility index (Phi) is 7.70. The Morgan fingerprint density at radius 3 is 2.64 bits per heavy atom. The van der Waals surface area contributed by atoms with Crippen molar-refractivity contribution in [3.63, 3.8) is 0 Å². The van der Waals surface area contributed by atoms with Gasteiger partial charge in [-0.3, -0.25) is 9.00 Å². The van der Waals surface area contributed by atoms with Gasteiger partial charge in [0.2, 0.25) is 5.91 Å². The molecular formula is C9H20N2O2S. The van der Waals surface area contributed by atoms with Crippen molar-refractivity contribution in [3.05, 3.63) is 0 Å². The Hall–Kier alpha value is -0.420. The first-order valence-corrected chi connectivity index (χ1v) is 6.59. The molecule has 0 spiro atoms. The van der Waals surface area contributed by atoms with Crippen molar-refractivity contribution in [2.24, 2.45) is 0 Å². The normalized spacial score (nSPS) is 14.8. The van der Waals surface area contributed by atoms with E-state index < -0.39 is 10.8 Å². The molecule has 0 aromatic heterocycles. The van der Waals surface area contributed by atoms with E-state index in [0.29, 0.717) is 12.3 Å². The summed E-state index contributed by atoms with van der Waals surface area (Å²) in [6.45, 7) is 5.03. The van der Waals surface area contributed by atoms with Crippen LogP contribution in [0.25, 0.3) is 0 Å². The van der Waals surface area contributed by atoms with Gasteiger partial charge in [-0.25, -0.2) is 0 Å². The van der Waals surface area contributed by atoms with Crippen molar-refractivity contribution in [3.8, 4) is 0 Å². The number of hydrogen-bond acceptors (Lipinski definition) is 3. The van der Waals surface area contributed by atoms with Crippen LogP contribution in [-0.4, -0.2) is 41.3 Å². The summed E-state index contributed by atoms with van der Waals surface area (Å²) < 4.78 is 10.8. The molecule has 2 unspecified atom stereocenters. The summed E-state index contributed by atoms with van der Waals surface area (Å²) in [6, 6.07) is 0.102. The van der Waals surface area contributed by atoms with Gasteiger partial charge in [-0.1, -0.05) is 6.92 Å². The molecule has 4 nitrogen and oxygen atoms in total. The van der Waals surface area contributed by atoms with Crippen molar-refractivity contribution >= 4 is 16.7 Å². The first kappa shape index (κ1) is 13.6. The molecule has 0 radical (unpaired) electrons. The average Bonchev–Trinajstić information content (AvgIpc) is 2.11. The van der Waals surface area contributed by atoms with Crippen molar-refractivity contribution in [1.82, 2.24) is 10.6 Å². The Bertz CT molecular complexity index is 197. The highest BCUT2D eigenvalue weighted by Gasteiger charge is 2.06. The van der Waals surface area contributed by atoms with Crippen LogP contribution in [0.4, 0.5) is 0 Å². The fourth-order valence-corrected chi connectivity index (χ4v) is 1.66. The lowest BCUT2D eigenvalue weighted by molar-refractivity contribution is -0.120. The van der Waals surface area contributed by atoms with E-state index in [-0.39, 0.29) is 11.9 Å². The zero-order valence-electron chi connectivity index (χ0n) is 9.13. The third-order valence-electron chi connectivity index (χ3n) is 1.78. The molecule has 0 aromatic carbocycles. The van der Waals surface area contributed by atoms with Crippen molar-refractivity contribution in [2.75, 3.05) is 25.1 Å². The average molecular weight is 220 g/mol. The molecule has 0 saturated heterocycles. The van der Waals surface area contributed by atoms with Crippen LogP contribution in [0.1, 0.15) is 20.3 Å². The summed E-state index contributed by atoms with van der Waals surface area (Å²) in [7, 11) is -0.773. The second kappa shape index (κ2) is 7.94. The van der Waals surface area contributed by atoms with Gasteiger partial charge in [0.15, 0.2) is 0 Å². The second-order valence-electron chi connectivity index (χ2n) is 3.31. The van der Waals surface area contributed by atoms with E-state index in [2.05, 4.69) is 10.6 Å². The molecule has 2 N–H and O–H groups in total. The molecular weight excluding hydrogens is 200 g/mol.